The molecule has 7 aromatic carbocycles. The van der Waals surface area contributed by atoms with Gasteiger partial charge in [0.1, 0.15) is 22.7 Å². The van der Waals surface area contributed by atoms with Crippen LogP contribution in [-0.2, 0) is 21.0 Å². The number of unbranched alkanes of at least 4 members (excludes halogenated alkanes) is 2. The van der Waals surface area contributed by atoms with Crippen molar-refractivity contribution in [1.82, 2.24) is 8.75 Å². The number of hydrogen-bond acceptors (Lipinski definition) is 8. The van der Waals surface area contributed by atoms with Crippen LogP contribution in [0.15, 0.2) is 139 Å². The number of benzene rings is 7. The molecular weight excluding hydrogens is 1160 g/mol. The van der Waals surface area contributed by atoms with Crippen molar-refractivity contribution in [3.05, 3.63) is 199 Å². The number of hydrogen-bond donors (Lipinski definition) is 1. The number of thiophene rings is 2. The maximum Gasteiger partial charge on any atom is 0.346 e. The van der Waals surface area contributed by atoms with Gasteiger partial charge in [0.2, 0.25) is 0 Å². The number of carboxylic acid groups (broad SMARTS) is 1. The highest BCUT2D eigenvalue weighted by Crippen LogP contribution is 2.64. The Kier molecular flexibility index (Phi) is 16.2. The molecule has 0 saturated carbocycles. The van der Waals surface area contributed by atoms with Crippen molar-refractivity contribution in [1.29, 1.82) is 5.26 Å². The molecule has 0 bridgehead atoms. The van der Waals surface area contributed by atoms with Crippen molar-refractivity contribution in [2.24, 2.45) is 11.8 Å². The lowest BCUT2D eigenvalue weighted by Crippen LogP contribution is -2.30. The summed E-state index contributed by atoms with van der Waals surface area (Å²) < 4.78 is 10.3. The van der Waals surface area contributed by atoms with E-state index in [0.29, 0.717) is 17.4 Å². The summed E-state index contributed by atoms with van der Waals surface area (Å²) in [5.41, 5.74) is 28.5. The van der Waals surface area contributed by atoms with E-state index in [2.05, 4.69) is 209 Å². The first-order valence-electron chi connectivity index (χ1n) is 32.8. The average molecular weight is 1240 g/mol. The summed E-state index contributed by atoms with van der Waals surface area (Å²) in [4.78, 5) is 19.7. The Balaban J connectivity index is 0.903. The van der Waals surface area contributed by atoms with Crippen LogP contribution in [0.1, 0.15) is 179 Å². The lowest BCUT2D eigenvalue weighted by atomic mass is 9.70. The largest absolute Gasteiger partial charge is 0.477 e. The molecule has 1 N–H and O–H groups in total. The number of nitriles is 1. The number of aromatic nitrogens is 2. The molecule has 0 aliphatic heterocycles. The molecule has 2 atom stereocenters. The monoisotopic (exact) mass is 1240 g/mol. The minimum absolute atomic E-state index is 0.140. The molecule has 0 radical (unpaired) electrons. The van der Waals surface area contributed by atoms with Crippen molar-refractivity contribution >= 4 is 74.5 Å². The fourth-order valence-electron chi connectivity index (χ4n) is 15.9. The lowest BCUT2D eigenvalue weighted by Gasteiger charge is -2.37. The standard InChI is InChI=1S/C81H82N4O2S3/c1-13-17-19-51(15-3)44-81(45-52(16-4)20-18-14-2)76-64(42-70(88-76)55-23-21-53(22-24-55)39-56(46-82)78(86)87)65-43-71(89-77(65)81)63-34-33-60(74-75(63)84-90-83-74)54-25-27-57(28-26-54)85(58-29-31-61-66(40-58)79(9,10)68-37-47(5)35-49(7)72(61)68)59-30-32-62-67(41-59)80(11,12)69-38-48(6)36-50(8)73(62)69/h21-43,51-52H,13-20,44-45H2,1-12H3,(H,86,87)/b56-39+. The zero-order valence-corrected chi connectivity index (χ0v) is 56.8. The number of fused-ring (bicyclic) bond motifs is 10. The Labute approximate surface area is 545 Å². The fraction of sp³-hybridized carbons (Fsp3) is 0.333. The van der Waals surface area contributed by atoms with Gasteiger partial charge in [0, 0.05) is 63.9 Å². The fourth-order valence-corrected chi connectivity index (χ4v) is 19.4. The number of aliphatic carboxylic acids is 1. The molecule has 9 heteroatoms. The maximum atomic E-state index is 11.7. The molecule has 456 valence electrons. The second-order valence-electron chi connectivity index (χ2n) is 27.4. The summed E-state index contributed by atoms with van der Waals surface area (Å²) in [5, 5.41) is 19.1. The molecule has 6 nitrogen and oxygen atoms in total. The third-order valence-corrected chi connectivity index (χ3v) is 24.0. The van der Waals surface area contributed by atoms with Gasteiger partial charge in [0.25, 0.3) is 0 Å². The minimum Gasteiger partial charge on any atom is -0.477 e. The van der Waals surface area contributed by atoms with Gasteiger partial charge in [0.05, 0.1) is 11.7 Å². The molecule has 0 amide bonds. The van der Waals surface area contributed by atoms with Crippen molar-refractivity contribution < 1.29 is 9.90 Å². The van der Waals surface area contributed by atoms with Gasteiger partial charge in [0.15, 0.2) is 0 Å². The molecule has 90 heavy (non-hydrogen) atoms. The van der Waals surface area contributed by atoms with Crippen molar-refractivity contribution in [3.63, 3.8) is 0 Å². The summed E-state index contributed by atoms with van der Waals surface area (Å²) in [6.45, 7) is 28.0. The van der Waals surface area contributed by atoms with Gasteiger partial charge in [-0.2, -0.15) is 14.0 Å². The molecule has 0 fully saturated rings. The number of rotatable bonds is 20. The lowest BCUT2D eigenvalue weighted by molar-refractivity contribution is -0.132. The van der Waals surface area contributed by atoms with Crippen molar-refractivity contribution in [2.75, 3.05) is 4.90 Å². The van der Waals surface area contributed by atoms with E-state index in [-0.39, 0.29) is 21.8 Å². The first kappa shape index (κ1) is 61.1. The normalized spacial score (nSPS) is 16.3. The first-order valence-corrected chi connectivity index (χ1v) is 35.1. The van der Waals surface area contributed by atoms with Crippen LogP contribution in [-0.4, -0.2) is 19.8 Å². The summed E-state index contributed by atoms with van der Waals surface area (Å²) in [6, 6.07) is 52.4. The zero-order valence-electron chi connectivity index (χ0n) is 54.4. The SMILES string of the molecule is CCCCC(CC)CC1(CC(CC)CCCC)c2sc(-c3ccc(/C=C(\C#N)C(=O)O)cc3)cc2-c2cc(-c3ccc(-c4ccc(N(c5ccc6c(c5)C(C)(C)c5cc(C)cc(C)c5-6)c5ccc6c(c5)C(C)(C)c5cc(C)cc(C)c5-6)cc4)c4nsnc34)sc21. The van der Waals surface area contributed by atoms with Crippen LogP contribution in [0.5, 0.6) is 0 Å². The van der Waals surface area contributed by atoms with Gasteiger partial charge in [-0.3, -0.25) is 0 Å². The summed E-state index contributed by atoms with van der Waals surface area (Å²) in [7, 11) is 0. The van der Waals surface area contributed by atoms with E-state index in [1.165, 1.54) is 154 Å². The van der Waals surface area contributed by atoms with E-state index in [1.807, 2.05) is 40.9 Å². The van der Waals surface area contributed by atoms with Crippen LogP contribution in [0.2, 0.25) is 0 Å². The predicted octanol–water partition coefficient (Wildman–Crippen LogP) is 23.6. The van der Waals surface area contributed by atoms with Gasteiger partial charge in [-0.05, 0) is 190 Å². The first-order chi connectivity index (χ1) is 43.3. The minimum atomic E-state index is -1.22. The van der Waals surface area contributed by atoms with Crippen LogP contribution in [0, 0.1) is 50.9 Å². The number of carbonyl (C=O) groups is 1. The Bertz CT molecular complexity index is 4400. The number of anilines is 3. The van der Waals surface area contributed by atoms with E-state index in [9.17, 15) is 15.2 Å². The van der Waals surface area contributed by atoms with E-state index < -0.39 is 5.97 Å². The smallest absolute Gasteiger partial charge is 0.346 e. The highest BCUT2D eigenvalue weighted by Gasteiger charge is 2.49. The van der Waals surface area contributed by atoms with Gasteiger partial charge in [-0.15, -0.1) is 22.7 Å². The van der Waals surface area contributed by atoms with Crippen molar-refractivity contribution in [3.8, 4) is 71.5 Å². The molecule has 3 aliphatic rings. The van der Waals surface area contributed by atoms with Gasteiger partial charge >= 0.3 is 5.97 Å². The van der Waals surface area contributed by atoms with Gasteiger partial charge < -0.3 is 10.0 Å². The summed E-state index contributed by atoms with van der Waals surface area (Å²) in [5.74, 6) is -0.0438. The second-order valence-corrected chi connectivity index (χ2v) is 30.0. The van der Waals surface area contributed by atoms with E-state index in [1.54, 1.807) is 0 Å². The predicted molar refractivity (Wildman–Crippen MR) is 382 cm³/mol. The van der Waals surface area contributed by atoms with E-state index in [4.69, 9.17) is 8.75 Å². The average Bonchev–Trinajstić information content (AvgIpc) is 1.56. The topological polar surface area (TPSA) is 90.1 Å². The molecule has 13 rings (SSSR count). The third kappa shape index (κ3) is 10.3. The van der Waals surface area contributed by atoms with E-state index in [0.717, 1.165) is 76.0 Å². The zero-order chi connectivity index (χ0) is 63.1. The maximum absolute atomic E-state index is 11.7. The second kappa shape index (κ2) is 23.8. The molecule has 3 aliphatic carbocycles. The van der Waals surface area contributed by atoms with E-state index >= 15 is 0 Å². The quantitative estimate of drug-likeness (QED) is 0.0604. The molecular formula is C81H82N4O2S3. The molecule has 10 aromatic rings. The van der Waals surface area contributed by atoms with Crippen LogP contribution in [0.4, 0.5) is 17.1 Å². The van der Waals surface area contributed by atoms with Crippen LogP contribution in [0.3, 0.4) is 0 Å². The number of aryl methyl sites for hydroxylation is 4. The van der Waals surface area contributed by atoms with Gasteiger partial charge in [-0.25, -0.2) is 4.79 Å². The van der Waals surface area contributed by atoms with Crippen molar-refractivity contribution in [2.45, 2.75) is 164 Å². The van der Waals surface area contributed by atoms with Crippen LogP contribution < -0.4 is 4.90 Å². The molecule has 2 unspecified atom stereocenters. The van der Waals surface area contributed by atoms with Gasteiger partial charge in [-0.1, -0.05) is 203 Å². The Morgan fingerprint density at radius 3 is 1.52 bits per heavy atom. The number of nitrogens with zero attached hydrogens (tertiary/aromatic N) is 4. The molecule has 0 saturated heterocycles. The summed E-state index contributed by atoms with van der Waals surface area (Å²) >= 11 is 5.25. The molecule has 3 heterocycles. The molecule has 3 aromatic heterocycles. The van der Waals surface area contributed by atoms with Crippen LogP contribution in [0.25, 0.3) is 82.5 Å². The Morgan fingerprint density at radius 2 is 1.02 bits per heavy atom. The summed E-state index contributed by atoms with van der Waals surface area (Å²) in [6.07, 6.45) is 13.3. The number of carboxylic acids is 1. The Hall–Kier alpha value is -7.74. The molecule has 0 spiro atoms. The highest BCUT2D eigenvalue weighted by molar-refractivity contribution is 7.18. The Morgan fingerprint density at radius 1 is 0.556 bits per heavy atom. The highest BCUT2D eigenvalue weighted by atomic mass is 32.1. The third-order valence-electron chi connectivity index (χ3n) is 20.7. The van der Waals surface area contributed by atoms with Crippen LogP contribution >= 0.6 is 34.4 Å².